The van der Waals surface area contributed by atoms with E-state index in [0.717, 1.165) is 30.7 Å². The standard InChI is InChI=1S/C12H14F3NO4S/c13-12(14,15)20-9-2-4-10(5-3-9)21(18,19)16-8-11(17)6-1-7-11/h2-5,16-17H,1,6-8H2. The lowest BCUT2D eigenvalue weighted by Crippen LogP contribution is -2.47. The summed E-state index contributed by atoms with van der Waals surface area (Å²) >= 11 is 0. The van der Waals surface area contributed by atoms with Crippen LogP contribution in [0.15, 0.2) is 29.2 Å². The summed E-state index contributed by atoms with van der Waals surface area (Å²) in [5.74, 6) is -0.501. The second-order valence-electron chi connectivity index (χ2n) is 4.92. The highest BCUT2D eigenvalue weighted by Gasteiger charge is 2.35. The van der Waals surface area contributed by atoms with E-state index in [4.69, 9.17) is 0 Å². The van der Waals surface area contributed by atoms with E-state index in [2.05, 4.69) is 9.46 Å². The molecule has 0 heterocycles. The van der Waals surface area contributed by atoms with Crippen LogP contribution in [0.4, 0.5) is 13.2 Å². The maximum absolute atomic E-state index is 12.0. The van der Waals surface area contributed by atoms with Crippen LogP contribution >= 0.6 is 0 Å². The number of benzene rings is 1. The molecule has 1 aliphatic rings. The summed E-state index contributed by atoms with van der Waals surface area (Å²) in [6.07, 6.45) is -2.95. The van der Waals surface area contributed by atoms with Gasteiger partial charge in [-0.1, -0.05) is 0 Å². The molecule has 2 rings (SSSR count). The van der Waals surface area contributed by atoms with Crippen LogP contribution < -0.4 is 9.46 Å². The summed E-state index contributed by atoms with van der Waals surface area (Å²) in [5.41, 5.74) is -1.02. The van der Waals surface area contributed by atoms with Crippen LogP contribution in [0, 0.1) is 0 Å². The molecular formula is C12H14F3NO4S. The van der Waals surface area contributed by atoms with Crippen molar-refractivity contribution in [3.63, 3.8) is 0 Å². The minimum absolute atomic E-state index is 0.115. The van der Waals surface area contributed by atoms with Crippen molar-refractivity contribution < 1.29 is 31.4 Å². The van der Waals surface area contributed by atoms with E-state index < -0.39 is 27.7 Å². The maximum Gasteiger partial charge on any atom is 0.573 e. The summed E-state index contributed by atoms with van der Waals surface area (Å²) in [5, 5.41) is 9.82. The smallest absolute Gasteiger partial charge is 0.406 e. The number of aliphatic hydroxyl groups is 1. The lowest BCUT2D eigenvalue weighted by Gasteiger charge is -2.36. The van der Waals surface area contributed by atoms with E-state index in [1.54, 1.807) is 0 Å². The number of alkyl halides is 3. The van der Waals surface area contributed by atoms with Gasteiger partial charge in [0.15, 0.2) is 0 Å². The van der Waals surface area contributed by atoms with Crippen molar-refractivity contribution in [2.24, 2.45) is 0 Å². The first kappa shape index (κ1) is 16.1. The first-order valence-corrected chi connectivity index (χ1v) is 7.66. The molecule has 1 fully saturated rings. The second kappa shape index (κ2) is 5.47. The second-order valence-corrected chi connectivity index (χ2v) is 6.69. The van der Waals surface area contributed by atoms with Crippen molar-refractivity contribution in [3.8, 4) is 5.75 Å². The SMILES string of the molecule is O=S(=O)(NCC1(O)CCC1)c1ccc(OC(F)(F)F)cc1. The molecule has 0 aromatic heterocycles. The molecule has 0 saturated heterocycles. The molecular weight excluding hydrogens is 311 g/mol. The van der Waals surface area contributed by atoms with Crippen molar-refractivity contribution in [3.05, 3.63) is 24.3 Å². The van der Waals surface area contributed by atoms with Gasteiger partial charge in [-0.2, -0.15) is 0 Å². The third-order valence-electron chi connectivity index (χ3n) is 3.24. The van der Waals surface area contributed by atoms with Crippen molar-refractivity contribution in [1.82, 2.24) is 4.72 Å². The number of hydrogen-bond acceptors (Lipinski definition) is 4. The molecule has 1 aromatic carbocycles. The van der Waals surface area contributed by atoms with Gasteiger partial charge in [0.25, 0.3) is 0 Å². The fourth-order valence-corrected chi connectivity index (χ4v) is 3.01. The Morgan fingerprint density at radius 3 is 2.24 bits per heavy atom. The molecule has 0 atom stereocenters. The molecule has 0 spiro atoms. The number of rotatable bonds is 5. The van der Waals surface area contributed by atoms with Crippen LogP contribution in [-0.2, 0) is 10.0 Å². The summed E-state index contributed by atoms with van der Waals surface area (Å²) in [6, 6.07) is 3.85. The van der Waals surface area contributed by atoms with Gasteiger partial charge in [0.2, 0.25) is 10.0 Å². The van der Waals surface area contributed by atoms with E-state index in [1.807, 2.05) is 0 Å². The van der Waals surface area contributed by atoms with Gasteiger partial charge in [0.1, 0.15) is 5.75 Å². The average Bonchev–Trinajstić information content (AvgIpc) is 2.33. The molecule has 0 unspecified atom stereocenters. The summed E-state index contributed by atoms with van der Waals surface area (Å²) in [6.45, 7) is -0.115. The first-order chi connectivity index (χ1) is 9.60. The van der Waals surface area contributed by atoms with Gasteiger partial charge < -0.3 is 9.84 Å². The predicted octanol–water partition coefficient (Wildman–Crippen LogP) is 1.78. The summed E-state index contributed by atoms with van der Waals surface area (Å²) in [4.78, 5) is -0.194. The number of hydrogen-bond donors (Lipinski definition) is 2. The minimum Gasteiger partial charge on any atom is -0.406 e. The predicted molar refractivity (Wildman–Crippen MR) is 67.1 cm³/mol. The lowest BCUT2D eigenvalue weighted by atomic mass is 9.81. The monoisotopic (exact) mass is 325 g/mol. The minimum atomic E-state index is -4.83. The van der Waals surface area contributed by atoms with Crippen molar-refractivity contribution in [2.75, 3.05) is 6.54 Å². The Bertz CT molecular complexity index is 594. The maximum atomic E-state index is 12.0. The van der Waals surface area contributed by atoms with Crippen LogP contribution in [0.2, 0.25) is 0 Å². The number of nitrogens with one attached hydrogen (secondary N) is 1. The Morgan fingerprint density at radius 2 is 1.81 bits per heavy atom. The Morgan fingerprint density at radius 1 is 1.24 bits per heavy atom. The average molecular weight is 325 g/mol. The molecule has 1 aromatic rings. The Hall–Kier alpha value is -1.32. The quantitative estimate of drug-likeness (QED) is 0.865. The molecule has 1 saturated carbocycles. The van der Waals surface area contributed by atoms with Crippen molar-refractivity contribution in [2.45, 2.75) is 36.1 Å². The van der Waals surface area contributed by atoms with Gasteiger partial charge >= 0.3 is 6.36 Å². The van der Waals surface area contributed by atoms with E-state index in [9.17, 15) is 26.7 Å². The van der Waals surface area contributed by atoms with Gasteiger partial charge in [-0.15, -0.1) is 13.2 Å². The topological polar surface area (TPSA) is 75.6 Å². The van der Waals surface area contributed by atoms with Gasteiger partial charge in [-0.3, -0.25) is 0 Å². The van der Waals surface area contributed by atoms with Crippen molar-refractivity contribution in [1.29, 1.82) is 0 Å². The number of ether oxygens (including phenoxy) is 1. The molecule has 0 amide bonds. The van der Waals surface area contributed by atoms with E-state index >= 15 is 0 Å². The third-order valence-corrected chi connectivity index (χ3v) is 4.66. The first-order valence-electron chi connectivity index (χ1n) is 6.18. The molecule has 9 heteroatoms. The molecule has 118 valence electrons. The third kappa shape index (κ3) is 4.32. The van der Waals surface area contributed by atoms with Crippen LogP contribution in [-0.4, -0.2) is 32.0 Å². The normalized spacial score (nSPS) is 18.1. The molecule has 21 heavy (non-hydrogen) atoms. The van der Waals surface area contributed by atoms with E-state index in [0.29, 0.717) is 12.8 Å². The van der Waals surface area contributed by atoms with Crippen LogP contribution in [0.5, 0.6) is 5.75 Å². The van der Waals surface area contributed by atoms with E-state index in [-0.39, 0.29) is 11.4 Å². The fraction of sp³-hybridized carbons (Fsp3) is 0.500. The van der Waals surface area contributed by atoms with Crippen LogP contribution in [0.3, 0.4) is 0 Å². The van der Waals surface area contributed by atoms with Crippen LogP contribution in [0.25, 0.3) is 0 Å². The lowest BCUT2D eigenvalue weighted by molar-refractivity contribution is -0.274. The Labute approximate surface area is 119 Å². The zero-order valence-corrected chi connectivity index (χ0v) is 11.7. The molecule has 0 aliphatic heterocycles. The van der Waals surface area contributed by atoms with Gasteiger partial charge in [-0.05, 0) is 43.5 Å². The largest absolute Gasteiger partial charge is 0.573 e. The number of sulfonamides is 1. The molecule has 0 bridgehead atoms. The highest BCUT2D eigenvalue weighted by molar-refractivity contribution is 7.89. The zero-order chi connectivity index (χ0) is 15.7. The molecule has 2 N–H and O–H groups in total. The van der Waals surface area contributed by atoms with Gasteiger partial charge in [0.05, 0.1) is 10.5 Å². The molecule has 1 aliphatic carbocycles. The van der Waals surface area contributed by atoms with Gasteiger partial charge in [-0.25, -0.2) is 13.1 Å². The Balaban J connectivity index is 2.03. The zero-order valence-electron chi connectivity index (χ0n) is 10.9. The highest BCUT2D eigenvalue weighted by Crippen LogP contribution is 2.31. The van der Waals surface area contributed by atoms with Gasteiger partial charge in [0, 0.05) is 6.54 Å². The molecule has 0 radical (unpaired) electrons. The van der Waals surface area contributed by atoms with E-state index in [1.165, 1.54) is 0 Å². The summed E-state index contributed by atoms with van der Waals surface area (Å²) in [7, 11) is -3.88. The van der Waals surface area contributed by atoms with Crippen molar-refractivity contribution >= 4 is 10.0 Å². The van der Waals surface area contributed by atoms with Crippen LogP contribution in [0.1, 0.15) is 19.3 Å². The molecule has 5 nitrogen and oxygen atoms in total. The summed E-state index contributed by atoms with van der Waals surface area (Å²) < 4.78 is 65.7. The fourth-order valence-electron chi connectivity index (χ4n) is 1.89. The Kier molecular flexibility index (Phi) is 4.18. The number of halogens is 3. The highest BCUT2D eigenvalue weighted by atomic mass is 32.2.